The van der Waals surface area contributed by atoms with Crippen LogP contribution >= 0.6 is 11.3 Å². The van der Waals surface area contributed by atoms with Gasteiger partial charge in [0.15, 0.2) is 0 Å². The van der Waals surface area contributed by atoms with Crippen molar-refractivity contribution >= 4 is 44.9 Å². The number of nitrogens with one attached hydrogen (secondary N) is 2. The minimum atomic E-state index is -0.494. The predicted octanol–water partition coefficient (Wildman–Crippen LogP) is 3.76. The zero-order chi connectivity index (χ0) is 18.5. The van der Waals surface area contributed by atoms with E-state index in [2.05, 4.69) is 15.8 Å². The lowest BCUT2D eigenvalue weighted by molar-refractivity contribution is -0.380. The first-order valence-corrected chi connectivity index (χ1v) is 8.67. The molecule has 1 unspecified atom stereocenters. The Labute approximate surface area is 153 Å². The number of nitro groups is 1. The maximum absolute atomic E-state index is 12.1. The zero-order valence-electron chi connectivity index (χ0n) is 13.9. The average Bonchev–Trinajstić information content (AvgIpc) is 3.10. The molecule has 7 nitrogen and oxygen atoms in total. The van der Waals surface area contributed by atoms with Gasteiger partial charge in [0.2, 0.25) is 0 Å². The molecule has 0 saturated carbocycles. The minimum absolute atomic E-state index is 0.0316. The van der Waals surface area contributed by atoms with Gasteiger partial charge in [-0.15, -0.1) is 0 Å². The van der Waals surface area contributed by atoms with E-state index in [1.165, 1.54) is 12.3 Å². The molecule has 1 amide bonds. The van der Waals surface area contributed by atoms with Crippen LogP contribution in [0.2, 0.25) is 0 Å². The molecule has 1 atom stereocenters. The van der Waals surface area contributed by atoms with E-state index in [9.17, 15) is 14.9 Å². The topological polar surface area (TPSA) is 96.6 Å². The number of benzene rings is 2. The van der Waals surface area contributed by atoms with Gasteiger partial charge in [0.1, 0.15) is 6.04 Å². The standard InChI is InChI=1S/C18H16N4O3S/c1-12(20-15-7-6-13-4-2-3-5-14(13)10-15)18(23)21-19-11-16-8-9-17(26-16)22(24)25/h2-12,20H,1H3,(H,21,23)/b19-11+. The number of hydrazone groups is 1. The Hall–Kier alpha value is -3.26. The highest BCUT2D eigenvalue weighted by Crippen LogP contribution is 2.22. The summed E-state index contributed by atoms with van der Waals surface area (Å²) in [6.45, 7) is 1.73. The lowest BCUT2D eigenvalue weighted by Gasteiger charge is -2.14. The average molecular weight is 368 g/mol. The summed E-state index contributed by atoms with van der Waals surface area (Å²) in [5, 5.41) is 19.9. The maximum Gasteiger partial charge on any atom is 0.324 e. The lowest BCUT2D eigenvalue weighted by Crippen LogP contribution is -2.34. The molecule has 0 aliphatic carbocycles. The van der Waals surface area contributed by atoms with Crippen LogP contribution in [0.5, 0.6) is 0 Å². The number of thiophene rings is 1. The van der Waals surface area contributed by atoms with Gasteiger partial charge in [-0.1, -0.05) is 41.7 Å². The number of hydrogen-bond donors (Lipinski definition) is 2. The SMILES string of the molecule is CC(Nc1ccc2ccccc2c1)C(=O)N/N=C/c1ccc([N+](=O)[O-])s1. The van der Waals surface area contributed by atoms with Crippen LogP contribution in [0.4, 0.5) is 10.7 Å². The fourth-order valence-electron chi connectivity index (χ4n) is 2.36. The van der Waals surface area contributed by atoms with E-state index < -0.39 is 11.0 Å². The van der Waals surface area contributed by atoms with Gasteiger partial charge in [0.25, 0.3) is 5.91 Å². The molecule has 0 fully saturated rings. The molecule has 3 aromatic rings. The number of hydrogen-bond acceptors (Lipinski definition) is 6. The molecule has 0 radical (unpaired) electrons. The molecule has 0 spiro atoms. The van der Waals surface area contributed by atoms with Crippen molar-refractivity contribution in [1.82, 2.24) is 5.43 Å². The van der Waals surface area contributed by atoms with E-state index >= 15 is 0 Å². The van der Waals surface area contributed by atoms with E-state index in [1.54, 1.807) is 13.0 Å². The van der Waals surface area contributed by atoms with Crippen molar-refractivity contribution in [2.75, 3.05) is 5.32 Å². The first kappa shape index (κ1) is 17.6. The summed E-state index contributed by atoms with van der Waals surface area (Å²) in [5.41, 5.74) is 3.27. The van der Waals surface area contributed by atoms with Crippen molar-refractivity contribution in [3.63, 3.8) is 0 Å². The first-order chi connectivity index (χ1) is 12.5. The number of carbonyl (C=O) groups is 1. The largest absolute Gasteiger partial charge is 0.374 e. The molecule has 0 aliphatic heterocycles. The van der Waals surface area contributed by atoms with Crippen molar-refractivity contribution in [2.24, 2.45) is 5.10 Å². The molecular weight excluding hydrogens is 352 g/mol. The fraction of sp³-hybridized carbons (Fsp3) is 0.111. The Morgan fingerprint density at radius 1 is 1.19 bits per heavy atom. The molecule has 0 saturated heterocycles. The Morgan fingerprint density at radius 3 is 2.69 bits per heavy atom. The van der Waals surface area contributed by atoms with Crippen molar-refractivity contribution in [3.8, 4) is 0 Å². The molecule has 1 heterocycles. The van der Waals surface area contributed by atoms with E-state index in [-0.39, 0.29) is 10.9 Å². The Balaban J connectivity index is 1.58. The van der Waals surface area contributed by atoms with E-state index in [0.29, 0.717) is 4.88 Å². The van der Waals surface area contributed by atoms with Gasteiger partial charge >= 0.3 is 5.00 Å². The summed E-state index contributed by atoms with van der Waals surface area (Å²) >= 11 is 0.989. The highest BCUT2D eigenvalue weighted by Gasteiger charge is 2.12. The van der Waals surface area contributed by atoms with Gasteiger partial charge in [-0.05, 0) is 35.9 Å². The maximum atomic E-state index is 12.1. The summed E-state index contributed by atoms with van der Waals surface area (Å²) < 4.78 is 0. The van der Waals surface area contributed by atoms with Crippen LogP contribution in [0.1, 0.15) is 11.8 Å². The van der Waals surface area contributed by atoms with Gasteiger partial charge < -0.3 is 5.32 Å². The van der Waals surface area contributed by atoms with E-state index in [0.717, 1.165) is 27.8 Å². The molecule has 26 heavy (non-hydrogen) atoms. The van der Waals surface area contributed by atoms with Crippen LogP contribution in [0.15, 0.2) is 59.7 Å². The van der Waals surface area contributed by atoms with Crippen LogP contribution < -0.4 is 10.7 Å². The monoisotopic (exact) mass is 368 g/mol. The first-order valence-electron chi connectivity index (χ1n) is 7.85. The molecule has 8 heteroatoms. The Kier molecular flexibility index (Phi) is 5.23. The summed E-state index contributed by atoms with van der Waals surface area (Å²) in [5.74, 6) is -0.305. The fourth-order valence-corrected chi connectivity index (χ4v) is 3.05. The summed E-state index contributed by atoms with van der Waals surface area (Å²) in [6.07, 6.45) is 1.39. The smallest absolute Gasteiger partial charge is 0.324 e. The molecule has 0 aliphatic rings. The third kappa shape index (κ3) is 4.22. The predicted molar refractivity (Wildman–Crippen MR) is 104 cm³/mol. The van der Waals surface area contributed by atoms with Crippen LogP contribution in [0, 0.1) is 10.1 Å². The van der Waals surface area contributed by atoms with Gasteiger partial charge in [0.05, 0.1) is 16.0 Å². The normalized spacial score (nSPS) is 12.2. The third-order valence-corrected chi connectivity index (χ3v) is 4.66. The van der Waals surface area contributed by atoms with Gasteiger partial charge in [-0.2, -0.15) is 5.10 Å². The number of fused-ring (bicyclic) bond motifs is 1. The summed E-state index contributed by atoms with van der Waals surface area (Å²) in [6, 6.07) is 16.3. The molecule has 132 valence electrons. The second-order valence-electron chi connectivity index (χ2n) is 5.60. The van der Waals surface area contributed by atoms with Crippen molar-refractivity contribution in [1.29, 1.82) is 0 Å². The van der Waals surface area contributed by atoms with Gasteiger partial charge in [0, 0.05) is 11.8 Å². The molecule has 0 bridgehead atoms. The van der Waals surface area contributed by atoms with Crippen molar-refractivity contribution in [3.05, 3.63) is 69.6 Å². The zero-order valence-corrected chi connectivity index (χ0v) is 14.7. The Morgan fingerprint density at radius 2 is 1.96 bits per heavy atom. The number of carbonyl (C=O) groups excluding carboxylic acids is 1. The van der Waals surface area contributed by atoms with Crippen molar-refractivity contribution < 1.29 is 9.72 Å². The number of anilines is 1. The quantitative estimate of drug-likeness (QED) is 0.393. The molecular formula is C18H16N4O3S. The minimum Gasteiger partial charge on any atom is -0.374 e. The number of rotatable bonds is 6. The van der Waals surface area contributed by atoms with Crippen LogP contribution in [0.3, 0.4) is 0 Å². The van der Waals surface area contributed by atoms with Crippen LogP contribution in [-0.4, -0.2) is 23.1 Å². The van der Waals surface area contributed by atoms with Crippen LogP contribution in [0.25, 0.3) is 10.8 Å². The molecule has 1 aromatic heterocycles. The third-order valence-electron chi connectivity index (χ3n) is 3.68. The van der Waals surface area contributed by atoms with Gasteiger partial charge in [-0.3, -0.25) is 14.9 Å². The second kappa shape index (κ2) is 7.75. The summed E-state index contributed by atoms with van der Waals surface area (Å²) in [4.78, 5) is 22.9. The van der Waals surface area contributed by atoms with E-state index in [1.807, 2.05) is 42.5 Å². The highest BCUT2D eigenvalue weighted by atomic mass is 32.1. The van der Waals surface area contributed by atoms with Crippen molar-refractivity contribution in [2.45, 2.75) is 13.0 Å². The Bertz CT molecular complexity index is 983. The van der Waals surface area contributed by atoms with Gasteiger partial charge in [-0.25, -0.2) is 5.43 Å². The van der Waals surface area contributed by atoms with E-state index in [4.69, 9.17) is 0 Å². The molecule has 3 rings (SSSR count). The number of amides is 1. The lowest BCUT2D eigenvalue weighted by atomic mass is 10.1. The molecule has 2 N–H and O–H groups in total. The molecule has 2 aromatic carbocycles. The second-order valence-corrected chi connectivity index (χ2v) is 6.69. The highest BCUT2D eigenvalue weighted by molar-refractivity contribution is 7.16. The summed E-state index contributed by atoms with van der Waals surface area (Å²) in [7, 11) is 0. The van der Waals surface area contributed by atoms with Crippen LogP contribution in [-0.2, 0) is 4.79 Å². The number of nitrogens with zero attached hydrogens (tertiary/aromatic N) is 2.